The first kappa shape index (κ1) is 15.5. The van der Waals surface area contributed by atoms with Crippen LogP contribution in [0.5, 0.6) is 0 Å². The number of benzene rings is 1. The number of urea groups is 1. The van der Waals surface area contributed by atoms with E-state index in [1.807, 2.05) is 0 Å². The third-order valence-electron chi connectivity index (χ3n) is 2.44. The summed E-state index contributed by atoms with van der Waals surface area (Å²) < 4.78 is 0. The van der Waals surface area contributed by atoms with Gasteiger partial charge in [0.1, 0.15) is 0 Å². The lowest BCUT2D eigenvalue weighted by Gasteiger charge is -2.07. The number of alkyl halides is 1. The Kier molecular flexibility index (Phi) is 6.95. The fraction of sp³-hybridized carbons (Fsp3) is 0.385. The third kappa shape index (κ3) is 6.24. The molecule has 0 bridgehead atoms. The summed E-state index contributed by atoms with van der Waals surface area (Å²) in [4.78, 5) is 22.7. The first-order chi connectivity index (χ1) is 9.15. The fourth-order valence-corrected chi connectivity index (χ4v) is 1.83. The van der Waals surface area contributed by atoms with Crippen LogP contribution in [0.4, 0.5) is 16.2 Å². The summed E-state index contributed by atoms with van der Waals surface area (Å²) in [6.45, 7) is 0. The number of amides is 3. The second kappa shape index (κ2) is 8.53. The van der Waals surface area contributed by atoms with Crippen LogP contribution in [0.3, 0.4) is 0 Å². The van der Waals surface area contributed by atoms with Gasteiger partial charge in [-0.05, 0) is 37.1 Å². The molecule has 19 heavy (non-hydrogen) atoms. The molecule has 104 valence electrons. The third-order valence-corrected chi connectivity index (χ3v) is 3.00. The van der Waals surface area contributed by atoms with Gasteiger partial charge in [-0.1, -0.05) is 15.9 Å². The quantitative estimate of drug-likeness (QED) is 0.555. The number of hydrogen-bond acceptors (Lipinski definition) is 2. The van der Waals surface area contributed by atoms with Gasteiger partial charge in [0.05, 0.1) is 0 Å². The largest absolute Gasteiger partial charge is 0.341 e. The van der Waals surface area contributed by atoms with Gasteiger partial charge >= 0.3 is 6.03 Å². The smallest absolute Gasteiger partial charge is 0.318 e. The van der Waals surface area contributed by atoms with E-state index in [0.29, 0.717) is 12.1 Å². The number of halogens is 1. The van der Waals surface area contributed by atoms with Crippen molar-refractivity contribution in [1.29, 1.82) is 0 Å². The molecule has 3 N–H and O–H groups in total. The lowest BCUT2D eigenvalue weighted by Crippen LogP contribution is -2.24. The molecule has 0 fully saturated rings. The lowest BCUT2D eigenvalue weighted by atomic mass is 10.2. The Balaban J connectivity index is 2.43. The molecule has 0 aliphatic carbocycles. The zero-order valence-corrected chi connectivity index (χ0v) is 12.4. The molecule has 0 radical (unpaired) electrons. The minimum absolute atomic E-state index is 0.00737. The number of nitrogens with one attached hydrogen (secondary N) is 3. The number of carbonyl (C=O) groups is 2. The van der Waals surface area contributed by atoms with Crippen LogP contribution in [0.1, 0.15) is 19.3 Å². The lowest BCUT2D eigenvalue weighted by molar-refractivity contribution is -0.116. The van der Waals surface area contributed by atoms with Gasteiger partial charge in [0, 0.05) is 30.2 Å². The zero-order valence-electron chi connectivity index (χ0n) is 10.8. The highest BCUT2D eigenvalue weighted by Crippen LogP contribution is 2.14. The van der Waals surface area contributed by atoms with Gasteiger partial charge in [0.15, 0.2) is 0 Å². The van der Waals surface area contributed by atoms with Crippen molar-refractivity contribution in [1.82, 2.24) is 5.32 Å². The van der Waals surface area contributed by atoms with Crippen LogP contribution in [0.25, 0.3) is 0 Å². The Morgan fingerprint density at radius 3 is 2.16 bits per heavy atom. The van der Waals surface area contributed by atoms with E-state index in [1.54, 1.807) is 31.3 Å². The molecule has 0 heterocycles. The van der Waals surface area contributed by atoms with Crippen molar-refractivity contribution in [2.75, 3.05) is 23.0 Å². The number of unbranched alkanes of at least 4 members (excludes halogenated alkanes) is 1. The molecule has 0 spiro atoms. The van der Waals surface area contributed by atoms with Crippen LogP contribution in [0.2, 0.25) is 0 Å². The Morgan fingerprint density at radius 1 is 1.05 bits per heavy atom. The molecule has 1 aromatic carbocycles. The SMILES string of the molecule is CNC(=O)Nc1ccc(NC(=O)CCCCBr)cc1. The summed E-state index contributed by atoms with van der Waals surface area (Å²) >= 11 is 3.33. The Morgan fingerprint density at radius 2 is 1.63 bits per heavy atom. The van der Waals surface area contributed by atoms with Crippen LogP contribution < -0.4 is 16.0 Å². The predicted molar refractivity (Wildman–Crippen MR) is 80.8 cm³/mol. The van der Waals surface area contributed by atoms with Crippen LogP contribution in [0, 0.1) is 0 Å². The molecule has 1 aromatic rings. The second-order valence-corrected chi connectivity index (χ2v) is 4.77. The minimum Gasteiger partial charge on any atom is -0.341 e. The van der Waals surface area contributed by atoms with E-state index < -0.39 is 0 Å². The Hall–Kier alpha value is -1.56. The summed E-state index contributed by atoms with van der Waals surface area (Å²) in [7, 11) is 1.55. The van der Waals surface area contributed by atoms with Gasteiger partial charge < -0.3 is 16.0 Å². The van der Waals surface area contributed by atoms with Gasteiger partial charge in [-0.2, -0.15) is 0 Å². The van der Waals surface area contributed by atoms with E-state index in [4.69, 9.17) is 0 Å². The number of anilines is 2. The van der Waals surface area contributed by atoms with Crippen molar-refractivity contribution < 1.29 is 9.59 Å². The predicted octanol–water partition coefficient (Wildman–Crippen LogP) is 2.94. The van der Waals surface area contributed by atoms with Crippen molar-refractivity contribution in [3.05, 3.63) is 24.3 Å². The van der Waals surface area contributed by atoms with Crippen LogP contribution in [-0.2, 0) is 4.79 Å². The summed E-state index contributed by atoms with van der Waals surface area (Å²) in [6, 6.07) is 6.72. The van der Waals surface area contributed by atoms with Gasteiger partial charge in [-0.3, -0.25) is 4.79 Å². The minimum atomic E-state index is -0.272. The van der Waals surface area contributed by atoms with Crippen LogP contribution in [0.15, 0.2) is 24.3 Å². The fourth-order valence-electron chi connectivity index (χ4n) is 1.43. The standard InChI is InChI=1S/C13H18BrN3O2/c1-15-13(19)17-11-7-5-10(6-8-11)16-12(18)4-2-3-9-14/h5-8H,2-4,9H2,1H3,(H,16,18)(H2,15,17,19). The van der Waals surface area contributed by atoms with E-state index >= 15 is 0 Å². The summed E-state index contributed by atoms with van der Waals surface area (Å²) in [5, 5.41) is 8.84. The molecular weight excluding hydrogens is 310 g/mol. The van der Waals surface area contributed by atoms with Gasteiger partial charge in [-0.25, -0.2) is 4.79 Å². The highest BCUT2D eigenvalue weighted by atomic mass is 79.9. The topological polar surface area (TPSA) is 70.2 Å². The summed E-state index contributed by atoms with van der Waals surface area (Å²) in [6.07, 6.45) is 2.37. The van der Waals surface area contributed by atoms with Gasteiger partial charge in [-0.15, -0.1) is 0 Å². The average Bonchev–Trinajstić information content (AvgIpc) is 2.41. The van der Waals surface area contributed by atoms with E-state index in [9.17, 15) is 9.59 Å². The maximum atomic E-state index is 11.6. The van der Waals surface area contributed by atoms with Crippen LogP contribution >= 0.6 is 15.9 Å². The van der Waals surface area contributed by atoms with Crippen molar-refractivity contribution in [2.24, 2.45) is 0 Å². The second-order valence-electron chi connectivity index (χ2n) is 3.98. The number of rotatable bonds is 6. The first-order valence-corrected chi connectivity index (χ1v) is 7.22. The molecule has 5 nitrogen and oxygen atoms in total. The molecule has 0 aliphatic heterocycles. The summed E-state index contributed by atoms with van der Waals surface area (Å²) in [5.74, 6) is 0.00737. The summed E-state index contributed by atoms with van der Waals surface area (Å²) in [5.41, 5.74) is 1.41. The first-order valence-electron chi connectivity index (χ1n) is 6.10. The molecule has 0 saturated heterocycles. The zero-order chi connectivity index (χ0) is 14.1. The molecule has 3 amide bonds. The maximum absolute atomic E-state index is 11.6. The number of carbonyl (C=O) groups excluding carboxylic acids is 2. The molecule has 6 heteroatoms. The van der Waals surface area contributed by atoms with Crippen molar-refractivity contribution in [3.63, 3.8) is 0 Å². The van der Waals surface area contributed by atoms with Crippen molar-refractivity contribution in [3.8, 4) is 0 Å². The van der Waals surface area contributed by atoms with E-state index in [1.165, 1.54) is 0 Å². The number of hydrogen-bond donors (Lipinski definition) is 3. The van der Waals surface area contributed by atoms with Gasteiger partial charge in [0.2, 0.25) is 5.91 Å². The molecular formula is C13H18BrN3O2. The van der Waals surface area contributed by atoms with E-state index in [-0.39, 0.29) is 11.9 Å². The maximum Gasteiger partial charge on any atom is 0.318 e. The normalized spacial score (nSPS) is 9.79. The molecule has 0 atom stereocenters. The van der Waals surface area contributed by atoms with Crippen molar-refractivity contribution in [2.45, 2.75) is 19.3 Å². The molecule has 0 aromatic heterocycles. The highest BCUT2D eigenvalue weighted by Gasteiger charge is 2.03. The Bertz CT molecular complexity index is 420. The molecule has 1 rings (SSSR count). The van der Waals surface area contributed by atoms with E-state index in [0.717, 1.165) is 23.9 Å². The molecule has 0 aliphatic rings. The monoisotopic (exact) mass is 327 g/mol. The molecule has 0 unspecified atom stereocenters. The van der Waals surface area contributed by atoms with Crippen LogP contribution in [-0.4, -0.2) is 24.3 Å². The van der Waals surface area contributed by atoms with Gasteiger partial charge in [0.25, 0.3) is 0 Å². The Labute approximate surface area is 121 Å². The van der Waals surface area contributed by atoms with E-state index in [2.05, 4.69) is 31.9 Å². The average molecular weight is 328 g/mol. The molecule has 0 saturated carbocycles. The highest BCUT2D eigenvalue weighted by molar-refractivity contribution is 9.09. The van der Waals surface area contributed by atoms with Crippen molar-refractivity contribution >= 4 is 39.2 Å².